The van der Waals surface area contributed by atoms with Gasteiger partial charge in [-0.2, -0.15) is 0 Å². The summed E-state index contributed by atoms with van der Waals surface area (Å²) in [5, 5.41) is 9.27. The van der Waals surface area contributed by atoms with Gasteiger partial charge in [0.2, 0.25) is 0 Å². The molecule has 0 spiro atoms. The third kappa shape index (κ3) is 3.61. The van der Waals surface area contributed by atoms with Gasteiger partial charge < -0.3 is 5.11 Å². The standard InChI is InChI=1S/C16H24O3S/c1-13(17)16(12-14-8-4-2-5-9-14)20(18,19)15-10-6-3-7-11-15/h3,6-7,10-11,13-14,16-17H,2,4-5,8-9,12H2,1H3/t13-,16-/m1/s1. The molecule has 2 atom stereocenters. The molecular weight excluding hydrogens is 272 g/mol. The fourth-order valence-electron chi connectivity index (χ4n) is 3.12. The van der Waals surface area contributed by atoms with E-state index in [9.17, 15) is 13.5 Å². The van der Waals surface area contributed by atoms with E-state index in [1.165, 1.54) is 19.3 Å². The lowest BCUT2D eigenvalue weighted by Gasteiger charge is -2.28. The molecule has 1 saturated carbocycles. The fourth-order valence-corrected chi connectivity index (χ4v) is 5.05. The summed E-state index contributed by atoms with van der Waals surface area (Å²) in [5.41, 5.74) is 0. The van der Waals surface area contributed by atoms with E-state index in [1.54, 1.807) is 37.3 Å². The van der Waals surface area contributed by atoms with E-state index in [0.29, 0.717) is 17.2 Å². The van der Waals surface area contributed by atoms with Gasteiger partial charge in [-0.05, 0) is 31.4 Å². The van der Waals surface area contributed by atoms with Gasteiger partial charge in [-0.25, -0.2) is 8.42 Å². The van der Waals surface area contributed by atoms with Crippen LogP contribution in [0.2, 0.25) is 0 Å². The molecule has 1 aromatic rings. The summed E-state index contributed by atoms with van der Waals surface area (Å²) < 4.78 is 25.4. The molecule has 0 heterocycles. The van der Waals surface area contributed by atoms with Crippen LogP contribution in [0.1, 0.15) is 45.4 Å². The van der Waals surface area contributed by atoms with Crippen molar-refractivity contribution in [2.24, 2.45) is 5.92 Å². The molecule has 112 valence electrons. The van der Waals surface area contributed by atoms with Crippen molar-refractivity contribution in [1.29, 1.82) is 0 Å². The molecule has 1 aliphatic carbocycles. The van der Waals surface area contributed by atoms with Crippen molar-refractivity contribution in [1.82, 2.24) is 0 Å². The van der Waals surface area contributed by atoms with Gasteiger partial charge in [-0.3, -0.25) is 0 Å². The van der Waals surface area contributed by atoms with Gasteiger partial charge in [0.15, 0.2) is 9.84 Å². The molecule has 0 bridgehead atoms. The van der Waals surface area contributed by atoms with E-state index in [-0.39, 0.29) is 0 Å². The third-order valence-corrected chi connectivity index (χ3v) is 6.61. The minimum atomic E-state index is -3.45. The molecule has 0 aliphatic heterocycles. The number of hydrogen-bond acceptors (Lipinski definition) is 3. The molecule has 0 radical (unpaired) electrons. The summed E-state index contributed by atoms with van der Waals surface area (Å²) in [4.78, 5) is 0.321. The highest BCUT2D eigenvalue weighted by Crippen LogP contribution is 2.32. The van der Waals surface area contributed by atoms with Gasteiger partial charge in [0.1, 0.15) is 0 Å². The summed E-state index contributed by atoms with van der Waals surface area (Å²) in [7, 11) is -3.45. The maximum Gasteiger partial charge on any atom is 0.183 e. The molecule has 3 nitrogen and oxygen atoms in total. The lowest BCUT2D eigenvalue weighted by molar-refractivity contribution is 0.170. The zero-order chi connectivity index (χ0) is 14.6. The second kappa shape index (κ2) is 6.72. The number of aliphatic hydroxyl groups is 1. The average Bonchev–Trinajstić information content (AvgIpc) is 2.46. The maximum atomic E-state index is 12.7. The highest BCUT2D eigenvalue weighted by Gasteiger charge is 2.33. The topological polar surface area (TPSA) is 54.4 Å². The summed E-state index contributed by atoms with van der Waals surface area (Å²) in [6, 6.07) is 8.49. The van der Waals surface area contributed by atoms with E-state index in [4.69, 9.17) is 0 Å². The zero-order valence-corrected chi connectivity index (χ0v) is 12.8. The van der Waals surface area contributed by atoms with E-state index < -0.39 is 21.2 Å². The van der Waals surface area contributed by atoms with E-state index in [2.05, 4.69) is 0 Å². The normalized spacial score (nSPS) is 20.5. The van der Waals surface area contributed by atoms with Crippen LogP contribution in [-0.4, -0.2) is 24.9 Å². The Kier molecular flexibility index (Phi) is 5.22. The Morgan fingerprint density at radius 3 is 2.30 bits per heavy atom. The Hall–Kier alpha value is -0.870. The minimum absolute atomic E-state index is 0.321. The van der Waals surface area contributed by atoms with Crippen LogP contribution in [0.15, 0.2) is 35.2 Å². The van der Waals surface area contributed by atoms with Crippen LogP contribution < -0.4 is 0 Å². The van der Waals surface area contributed by atoms with E-state index >= 15 is 0 Å². The Morgan fingerprint density at radius 1 is 1.15 bits per heavy atom. The average molecular weight is 296 g/mol. The Morgan fingerprint density at radius 2 is 1.75 bits per heavy atom. The van der Waals surface area contributed by atoms with Crippen molar-refractivity contribution >= 4 is 9.84 Å². The minimum Gasteiger partial charge on any atom is -0.392 e. The molecule has 0 saturated heterocycles. The summed E-state index contributed by atoms with van der Waals surface area (Å²) in [6.07, 6.45) is 5.55. The molecule has 0 unspecified atom stereocenters. The number of rotatable bonds is 5. The lowest BCUT2D eigenvalue weighted by Crippen LogP contribution is -2.34. The number of sulfone groups is 1. The molecule has 0 amide bonds. The largest absolute Gasteiger partial charge is 0.392 e. The monoisotopic (exact) mass is 296 g/mol. The third-order valence-electron chi connectivity index (χ3n) is 4.30. The molecule has 1 aliphatic rings. The van der Waals surface area contributed by atoms with Crippen molar-refractivity contribution in [2.75, 3.05) is 0 Å². The van der Waals surface area contributed by atoms with E-state index in [0.717, 1.165) is 12.8 Å². The van der Waals surface area contributed by atoms with E-state index in [1.807, 2.05) is 0 Å². The molecule has 4 heteroatoms. The summed E-state index contributed by atoms with van der Waals surface area (Å²) >= 11 is 0. The van der Waals surface area contributed by atoms with Crippen LogP contribution >= 0.6 is 0 Å². The van der Waals surface area contributed by atoms with Crippen molar-refractivity contribution in [3.8, 4) is 0 Å². The van der Waals surface area contributed by atoms with Crippen LogP contribution in [0.3, 0.4) is 0 Å². The highest BCUT2D eigenvalue weighted by atomic mass is 32.2. The molecule has 1 aromatic carbocycles. The first-order valence-corrected chi connectivity index (χ1v) is 9.03. The first kappa shape index (κ1) is 15.5. The Labute approximate surface area is 121 Å². The molecule has 1 fully saturated rings. The zero-order valence-electron chi connectivity index (χ0n) is 12.0. The molecule has 20 heavy (non-hydrogen) atoms. The van der Waals surface area contributed by atoms with Crippen LogP contribution in [-0.2, 0) is 9.84 Å². The predicted octanol–water partition coefficient (Wildman–Crippen LogP) is 3.18. The highest BCUT2D eigenvalue weighted by molar-refractivity contribution is 7.92. The first-order chi connectivity index (χ1) is 9.51. The lowest BCUT2D eigenvalue weighted by atomic mass is 9.85. The van der Waals surface area contributed by atoms with Crippen molar-refractivity contribution in [3.05, 3.63) is 30.3 Å². The smallest absolute Gasteiger partial charge is 0.183 e. The van der Waals surface area contributed by atoms with Crippen LogP contribution in [0.4, 0.5) is 0 Å². The fraction of sp³-hybridized carbons (Fsp3) is 0.625. The summed E-state index contributed by atoms with van der Waals surface area (Å²) in [6.45, 7) is 1.59. The van der Waals surface area contributed by atoms with Crippen molar-refractivity contribution < 1.29 is 13.5 Å². The van der Waals surface area contributed by atoms with Crippen molar-refractivity contribution in [2.45, 2.75) is 61.7 Å². The Bertz CT molecular complexity index is 502. The van der Waals surface area contributed by atoms with Gasteiger partial charge in [0.25, 0.3) is 0 Å². The number of aliphatic hydroxyl groups excluding tert-OH is 1. The van der Waals surface area contributed by atoms with Gasteiger partial charge in [0.05, 0.1) is 16.2 Å². The Balaban J connectivity index is 2.19. The predicted molar refractivity (Wildman–Crippen MR) is 80.3 cm³/mol. The molecule has 0 aromatic heterocycles. The number of benzene rings is 1. The molecule has 2 rings (SSSR count). The van der Waals surface area contributed by atoms with Crippen LogP contribution in [0, 0.1) is 5.92 Å². The quantitative estimate of drug-likeness (QED) is 0.908. The van der Waals surface area contributed by atoms with Crippen LogP contribution in [0.25, 0.3) is 0 Å². The SMILES string of the molecule is C[C@@H](O)[C@@H](CC1CCCCC1)S(=O)(=O)c1ccccc1. The van der Waals surface area contributed by atoms with Gasteiger partial charge in [-0.15, -0.1) is 0 Å². The summed E-state index contributed by atoms with van der Waals surface area (Å²) in [5.74, 6) is 0.432. The maximum absolute atomic E-state index is 12.7. The van der Waals surface area contributed by atoms with Gasteiger partial charge in [0, 0.05) is 0 Å². The van der Waals surface area contributed by atoms with Gasteiger partial charge in [-0.1, -0.05) is 50.3 Å². The second-order valence-corrected chi connectivity index (χ2v) is 8.04. The molecular formula is C16H24O3S. The first-order valence-electron chi connectivity index (χ1n) is 7.49. The van der Waals surface area contributed by atoms with Crippen LogP contribution in [0.5, 0.6) is 0 Å². The number of hydrogen-bond donors (Lipinski definition) is 1. The second-order valence-electron chi connectivity index (χ2n) is 5.88. The molecule has 1 N–H and O–H groups in total. The van der Waals surface area contributed by atoms with Gasteiger partial charge >= 0.3 is 0 Å². The van der Waals surface area contributed by atoms with Crippen molar-refractivity contribution in [3.63, 3.8) is 0 Å².